The van der Waals surface area contributed by atoms with Gasteiger partial charge in [0.25, 0.3) is 0 Å². The molecule has 0 nitrogen and oxygen atoms in total. The van der Waals surface area contributed by atoms with Crippen molar-refractivity contribution in [1.82, 2.24) is 0 Å². The van der Waals surface area contributed by atoms with E-state index in [1.807, 2.05) is 11.4 Å². The molecule has 0 spiro atoms. The van der Waals surface area contributed by atoms with Crippen LogP contribution in [0, 0.1) is 0 Å². The van der Waals surface area contributed by atoms with Gasteiger partial charge < -0.3 is 0 Å². The highest BCUT2D eigenvalue weighted by Crippen LogP contribution is 2.62. The summed E-state index contributed by atoms with van der Waals surface area (Å²) in [5.74, 6) is 0. The summed E-state index contributed by atoms with van der Waals surface area (Å²) in [6.07, 6.45) is 0. The lowest BCUT2D eigenvalue weighted by molar-refractivity contribution is 1.11. The van der Waals surface area contributed by atoms with Crippen LogP contribution >= 0.6 is 16.6 Å². The summed E-state index contributed by atoms with van der Waals surface area (Å²) in [5.41, 5.74) is 1.33. The minimum Gasteiger partial charge on any atom is -0.107 e. The zero-order valence-corrected chi connectivity index (χ0v) is 17.7. The van der Waals surface area contributed by atoms with Gasteiger partial charge in [0.05, 0.1) is 5.24 Å². The van der Waals surface area contributed by atoms with Crippen LogP contribution in [0.1, 0.15) is 17.7 Å². The lowest BCUT2D eigenvalue weighted by Crippen LogP contribution is -2.13. The number of hydrogen-bond donors (Lipinski definition) is 0. The van der Waals surface area contributed by atoms with Gasteiger partial charge in [-0.3, -0.25) is 0 Å². The maximum atomic E-state index is 6.38. The van der Waals surface area contributed by atoms with Crippen LogP contribution in [-0.4, -0.2) is 0 Å². The molecule has 0 heterocycles. The predicted octanol–water partition coefficient (Wildman–Crippen LogP) is 6.68. The van der Waals surface area contributed by atoms with E-state index in [1.165, 1.54) is 26.9 Å². The van der Waals surface area contributed by atoms with Crippen molar-refractivity contribution in [1.29, 1.82) is 0 Å². The zero-order chi connectivity index (χ0) is 18.7. The Morgan fingerprint density at radius 2 is 1.19 bits per heavy atom. The van der Waals surface area contributed by atoms with Crippen LogP contribution in [-0.2, 0) is 11.8 Å². The first-order chi connectivity index (χ1) is 13.2. The van der Waals surface area contributed by atoms with Crippen molar-refractivity contribution in [3.8, 4) is 0 Å². The molecule has 0 aliphatic rings. The molecule has 4 rings (SSSR count). The third-order valence-corrected chi connectivity index (χ3v) is 12.7. The molecule has 0 aromatic heterocycles. The van der Waals surface area contributed by atoms with Gasteiger partial charge in [-0.1, -0.05) is 115 Å². The summed E-state index contributed by atoms with van der Waals surface area (Å²) in [6.45, 7) is 2.28. The second-order valence-corrected chi connectivity index (χ2v) is 14.2. The van der Waals surface area contributed by atoms with Gasteiger partial charge in [0, 0.05) is 5.25 Å². The second-order valence-electron chi connectivity index (χ2n) is 6.58. The van der Waals surface area contributed by atoms with E-state index in [1.54, 1.807) is 0 Å². The van der Waals surface area contributed by atoms with Crippen LogP contribution < -0.4 is 10.6 Å². The van der Waals surface area contributed by atoms with Gasteiger partial charge >= 0.3 is 0 Å². The third-order valence-electron chi connectivity index (χ3n) is 4.74. The third kappa shape index (κ3) is 3.89. The van der Waals surface area contributed by atoms with Crippen LogP contribution in [0.15, 0.2) is 103 Å². The molecular weight excluding hydrogens is 383 g/mol. The minimum absolute atomic E-state index is 0.320. The number of benzene rings is 4. The first kappa shape index (κ1) is 18.5. The molecule has 0 bridgehead atoms. The highest BCUT2D eigenvalue weighted by atomic mass is 32.9. The van der Waals surface area contributed by atoms with E-state index in [0.29, 0.717) is 5.25 Å². The van der Waals surface area contributed by atoms with Crippen LogP contribution in [0.25, 0.3) is 10.8 Å². The quantitative estimate of drug-likeness (QED) is 0.340. The van der Waals surface area contributed by atoms with Gasteiger partial charge in [-0.15, -0.1) is 11.4 Å². The standard InChI is InChI=1S/C24H21PS2/c1-19(21-17-16-20-10-8-9-11-22(20)18-21)27-25(26,23-12-4-2-5-13-23)24-14-6-3-7-15-24/h2-19H,1H3. The monoisotopic (exact) mass is 404 g/mol. The molecule has 4 aromatic rings. The van der Waals surface area contributed by atoms with E-state index in [4.69, 9.17) is 11.8 Å². The Morgan fingerprint density at radius 1 is 0.667 bits per heavy atom. The zero-order valence-electron chi connectivity index (χ0n) is 15.2. The molecular formula is C24H21PS2. The molecule has 0 aliphatic heterocycles. The largest absolute Gasteiger partial charge is 0.107 e. The van der Waals surface area contributed by atoms with E-state index in [0.717, 1.165) is 0 Å². The summed E-state index contributed by atoms with van der Waals surface area (Å²) in [7, 11) is 0. The Bertz CT molecular complexity index is 1050. The Kier molecular flexibility index (Phi) is 5.50. The maximum Gasteiger partial charge on any atom is 0.0619 e. The summed E-state index contributed by atoms with van der Waals surface area (Å²) in [4.78, 5) is 0. The Hall–Kier alpha value is -1.86. The fourth-order valence-electron chi connectivity index (χ4n) is 3.26. The molecule has 0 saturated carbocycles. The lowest BCUT2D eigenvalue weighted by atomic mass is 10.1. The average Bonchev–Trinajstić information content (AvgIpc) is 2.74. The average molecular weight is 405 g/mol. The normalized spacial score (nSPS) is 12.8. The number of hydrogen-bond acceptors (Lipinski definition) is 2. The van der Waals surface area contributed by atoms with Crippen molar-refractivity contribution in [2.24, 2.45) is 0 Å². The van der Waals surface area contributed by atoms with Crippen LogP contribution in [0.4, 0.5) is 0 Å². The molecule has 0 radical (unpaired) electrons. The highest BCUT2D eigenvalue weighted by molar-refractivity contribution is 8.75. The van der Waals surface area contributed by atoms with E-state index in [9.17, 15) is 0 Å². The smallest absolute Gasteiger partial charge is 0.0619 e. The number of rotatable bonds is 5. The van der Waals surface area contributed by atoms with Crippen LogP contribution in [0.5, 0.6) is 0 Å². The molecule has 0 fully saturated rings. The molecule has 27 heavy (non-hydrogen) atoms. The minimum atomic E-state index is -1.96. The van der Waals surface area contributed by atoms with E-state index >= 15 is 0 Å². The van der Waals surface area contributed by atoms with Gasteiger partial charge in [0.15, 0.2) is 0 Å². The molecule has 3 heteroatoms. The topological polar surface area (TPSA) is 0 Å². The van der Waals surface area contributed by atoms with Gasteiger partial charge in [-0.05, 0) is 33.9 Å². The van der Waals surface area contributed by atoms with Crippen molar-refractivity contribution < 1.29 is 0 Å². The molecule has 0 N–H and O–H groups in total. The second kappa shape index (κ2) is 8.02. The highest BCUT2D eigenvalue weighted by Gasteiger charge is 2.26. The van der Waals surface area contributed by atoms with Crippen LogP contribution in [0.3, 0.4) is 0 Å². The van der Waals surface area contributed by atoms with Crippen molar-refractivity contribution in [2.75, 3.05) is 0 Å². The summed E-state index contributed by atoms with van der Waals surface area (Å²) < 4.78 is 0. The first-order valence-corrected chi connectivity index (χ1v) is 13.3. The van der Waals surface area contributed by atoms with E-state index in [2.05, 4.69) is 110 Å². The van der Waals surface area contributed by atoms with Crippen molar-refractivity contribution in [3.05, 3.63) is 109 Å². The molecule has 4 aromatic carbocycles. The molecule has 134 valence electrons. The molecule has 0 amide bonds. The fourth-order valence-corrected chi connectivity index (χ4v) is 10.7. The fraction of sp³-hybridized carbons (Fsp3) is 0.0833. The van der Waals surface area contributed by atoms with E-state index < -0.39 is 5.24 Å². The van der Waals surface area contributed by atoms with Crippen molar-refractivity contribution in [3.63, 3.8) is 0 Å². The van der Waals surface area contributed by atoms with Gasteiger partial charge in [-0.25, -0.2) is 0 Å². The molecule has 1 unspecified atom stereocenters. The van der Waals surface area contributed by atoms with Crippen molar-refractivity contribution in [2.45, 2.75) is 12.2 Å². The lowest BCUT2D eigenvalue weighted by Gasteiger charge is -2.26. The summed E-state index contributed by atoms with van der Waals surface area (Å²) in [6, 6.07) is 36.6. The summed E-state index contributed by atoms with van der Waals surface area (Å²) in [5, 5.41) is 3.47. The SMILES string of the molecule is CC(SP(=S)(c1ccccc1)c1ccccc1)c1ccc2ccccc2c1. The molecule has 0 aliphatic carbocycles. The van der Waals surface area contributed by atoms with E-state index in [-0.39, 0.29) is 0 Å². The van der Waals surface area contributed by atoms with Crippen LogP contribution in [0.2, 0.25) is 0 Å². The first-order valence-electron chi connectivity index (χ1n) is 9.05. The maximum absolute atomic E-state index is 6.38. The number of fused-ring (bicyclic) bond motifs is 1. The Morgan fingerprint density at radius 3 is 1.78 bits per heavy atom. The Labute approximate surface area is 170 Å². The Balaban J connectivity index is 1.74. The van der Waals surface area contributed by atoms with Gasteiger partial charge in [0.1, 0.15) is 0 Å². The van der Waals surface area contributed by atoms with Gasteiger partial charge in [-0.2, -0.15) is 0 Å². The van der Waals surface area contributed by atoms with Crippen molar-refractivity contribution >= 4 is 49.8 Å². The molecule has 1 atom stereocenters. The molecule has 0 saturated heterocycles. The predicted molar refractivity (Wildman–Crippen MR) is 126 cm³/mol. The summed E-state index contributed by atoms with van der Waals surface area (Å²) >= 11 is 8.32. The van der Waals surface area contributed by atoms with Gasteiger partial charge in [0.2, 0.25) is 0 Å².